The second-order valence-corrected chi connectivity index (χ2v) is 6.39. The first-order valence-electron chi connectivity index (χ1n) is 8.07. The van der Waals surface area contributed by atoms with E-state index in [1.165, 1.54) is 19.5 Å². The fourth-order valence-electron chi connectivity index (χ4n) is 3.31. The number of hydrogen-bond donors (Lipinski definition) is 2. The van der Waals surface area contributed by atoms with Crippen molar-refractivity contribution >= 4 is 0 Å². The molecule has 0 saturated carbocycles. The van der Waals surface area contributed by atoms with Gasteiger partial charge in [0.1, 0.15) is 0 Å². The highest BCUT2D eigenvalue weighted by atomic mass is 16.5. The van der Waals surface area contributed by atoms with E-state index in [4.69, 9.17) is 4.74 Å². The van der Waals surface area contributed by atoms with Crippen molar-refractivity contribution in [2.24, 2.45) is 0 Å². The lowest BCUT2D eigenvalue weighted by Crippen LogP contribution is -2.48. The van der Waals surface area contributed by atoms with Gasteiger partial charge in [-0.3, -0.25) is 4.90 Å². The molecule has 2 aliphatic rings. The Morgan fingerprint density at radius 2 is 2.05 bits per heavy atom. The Morgan fingerprint density at radius 3 is 2.70 bits per heavy atom. The topological polar surface area (TPSA) is 48.0 Å². The van der Waals surface area contributed by atoms with Crippen molar-refractivity contribution in [3.05, 3.63) is 0 Å². The van der Waals surface area contributed by atoms with Gasteiger partial charge in [-0.15, -0.1) is 0 Å². The minimum Gasteiger partial charge on any atom is -0.394 e. The number of morpholine rings is 1. The molecular weight excluding hydrogens is 254 g/mol. The van der Waals surface area contributed by atoms with Gasteiger partial charge in [-0.25, -0.2) is 0 Å². The molecule has 2 unspecified atom stereocenters. The third kappa shape index (κ3) is 4.40. The van der Waals surface area contributed by atoms with E-state index in [0.29, 0.717) is 6.04 Å². The van der Waals surface area contributed by atoms with Crippen LogP contribution in [-0.4, -0.2) is 85.6 Å². The van der Waals surface area contributed by atoms with Crippen molar-refractivity contribution in [2.45, 2.75) is 38.3 Å². The van der Waals surface area contributed by atoms with Gasteiger partial charge in [-0.1, -0.05) is 6.92 Å². The molecule has 20 heavy (non-hydrogen) atoms. The highest BCUT2D eigenvalue weighted by Crippen LogP contribution is 2.19. The van der Waals surface area contributed by atoms with Gasteiger partial charge >= 0.3 is 0 Å². The first-order valence-corrected chi connectivity index (χ1v) is 8.07. The van der Waals surface area contributed by atoms with Crippen LogP contribution < -0.4 is 5.32 Å². The quantitative estimate of drug-likeness (QED) is 0.697. The third-order valence-electron chi connectivity index (χ3n) is 4.74. The zero-order valence-corrected chi connectivity index (χ0v) is 13.1. The summed E-state index contributed by atoms with van der Waals surface area (Å²) in [5, 5.41) is 12.9. The number of rotatable bonds is 7. The Kier molecular flexibility index (Phi) is 6.23. The van der Waals surface area contributed by atoms with Crippen LogP contribution in [0.25, 0.3) is 0 Å². The molecule has 5 heteroatoms. The van der Waals surface area contributed by atoms with Gasteiger partial charge in [0.2, 0.25) is 0 Å². The molecule has 5 nitrogen and oxygen atoms in total. The maximum Gasteiger partial charge on any atom is 0.0611 e. The zero-order chi connectivity index (χ0) is 14.4. The average molecular weight is 285 g/mol. The highest BCUT2D eigenvalue weighted by molar-refractivity contribution is 4.88. The predicted molar refractivity (Wildman–Crippen MR) is 81.0 cm³/mol. The van der Waals surface area contributed by atoms with Crippen molar-refractivity contribution in [2.75, 3.05) is 59.1 Å². The van der Waals surface area contributed by atoms with Crippen molar-refractivity contribution in [1.82, 2.24) is 15.1 Å². The van der Waals surface area contributed by atoms with Crippen LogP contribution in [0, 0.1) is 0 Å². The lowest BCUT2D eigenvalue weighted by Gasteiger charge is -2.33. The van der Waals surface area contributed by atoms with Crippen LogP contribution in [0.1, 0.15) is 26.7 Å². The van der Waals surface area contributed by atoms with Crippen LogP contribution in [0.2, 0.25) is 0 Å². The van der Waals surface area contributed by atoms with E-state index in [0.717, 1.165) is 45.8 Å². The first-order chi connectivity index (χ1) is 9.67. The van der Waals surface area contributed by atoms with Gasteiger partial charge in [-0.2, -0.15) is 0 Å². The van der Waals surface area contributed by atoms with E-state index in [1.54, 1.807) is 0 Å². The lowest BCUT2D eigenvalue weighted by molar-refractivity contribution is 0.0183. The van der Waals surface area contributed by atoms with E-state index >= 15 is 0 Å². The Labute approximate surface area is 123 Å². The van der Waals surface area contributed by atoms with Gasteiger partial charge in [0.05, 0.1) is 19.8 Å². The van der Waals surface area contributed by atoms with Gasteiger partial charge in [0.25, 0.3) is 0 Å². The zero-order valence-electron chi connectivity index (χ0n) is 13.1. The van der Waals surface area contributed by atoms with E-state index in [9.17, 15) is 5.11 Å². The largest absolute Gasteiger partial charge is 0.394 e. The monoisotopic (exact) mass is 285 g/mol. The van der Waals surface area contributed by atoms with Crippen molar-refractivity contribution in [3.63, 3.8) is 0 Å². The van der Waals surface area contributed by atoms with Crippen molar-refractivity contribution < 1.29 is 9.84 Å². The Bertz CT molecular complexity index is 284. The molecule has 0 bridgehead atoms. The van der Waals surface area contributed by atoms with Crippen molar-refractivity contribution in [1.29, 1.82) is 0 Å². The molecule has 2 fully saturated rings. The SMILES string of the molecule is CCNC(C)(CO)CCN1CCC(N2CCOCC2)C1. The molecule has 118 valence electrons. The summed E-state index contributed by atoms with van der Waals surface area (Å²) in [5.74, 6) is 0. The molecule has 0 aromatic rings. The van der Waals surface area contributed by atoms with Gasteiger partial charge < -0.3 is 20.1 Å². The minimum atomic E-state index is -0.133. The van der Waals surface area contributed by atoms with Crippen LogP contribution in [-0.2, 0) is 4.74 Å². The Balaban J connectivity index is 1.72. The number of nitrogens with one attached hydrogen (secondary N) is 1. The number of ether oxygens (including phenoxy) is 1. The molecule has 0 aromatic carbocycles. The number of aliphatic hydroxyl groups is 1. The van der Waals surface area contributed by atoms with Crippen LogP contribution >= 0.6 is 0 Å². The molecule has 0 amide bonds. The predicted octanol–water partition coefficient (Wildman–Crippen LogP) is 0.144. The fraction of sp³-hybridized carbons (Fsp3) is 1.00. The molecule has 0 radical (unpaired) electrons. The molecule has 0 aliphatic carbocycles. The van der Waals surface area contributed by atoms with E-state index in [1.807, 2.05) is 0 Å². The molecule has 0 spiro atoms. The molecule has 0 aromatic heterocycles. The summed E-state index contributed by atoms with van der Waals surface area (Å²) in [6.45, 7) is 12.7. The standard InChI is InChI=1S/C15H31N3O2/c1-3-16-15(2,13-19)5-7-17-6-4-14(12-17)18-8-10-20-11-9-18/h14,16,19H,3-13H2,1-2H3. The Hall–Kier alpha value is -0.200. The number of nitrogens with zero attached hydrogens (tertiary/aromatic N) is 2. The van der Waals surface area contributed by atoms with E-state index < -0.39 is 0 Å². The third-order valence-corrected chi connectivity index (χ3v) is 4.74. The summed E-state index contributed by atoms with van der Waals surface area (Å²) in [5.41, 5.74) is -0.133. The van der Waals surface area contributed by atoms with Gasteiger partial charge in [0.15, 0.2) is 0 Å². The summed E-state index contributed by atoms with van der Waals surface area (Å²) in [6.07, 6.45) is 2.28. The van der Waals surface area contributed by atoms with Crippen LogP contribution in [0.15, 0.2) is 0 Å². The molecule has 2 aliphatic heterocycles. The van der Waals surface area contributed by atoms with Crippen LogP contribution in [0.3, 0.4) is 0 Å². The molecule has 2 rings (SSSR count). The summed E-state index contributed by atoms with van der Waals surface area (Å²) in [4.78, 5) is 5.13. The summed E-state index contributed by atoms with van der Waals surface area (Å²) in [7, 11) is 0. The van der Waals surface area contributed by atoms with Crippen molar-refractivity contribution in [3.8, 4) is 0 Å². The molecule has 2 saturated heterocycles. The molecule has 2 atom stereocenters. The van der Waals surface area contributed by atoms with Gasteiger partial charge in [0, 0.05) is 37.8 Å². The maximum absolute atomic E-state index is 9.54. The van der Waals surface area contributed by atoms with E-state index in [2.05, 4.69) is 29.0 Å². The normalized spacial score (nSPS) is 28.6. The van der Waals surface area contributed by atoms with Crippen LogP contribution in [0.4, 0.5) is 0 Å². The summed E-state index contributed by atoms with van der Waals surface area (Å²) < 4.78 is 5.43. The van der Waals surface area contributed by atoms with Gasteiger partial charge in [-0.05, 0) is 32.9 Å². The first kappa shape index (κ1) is 16.2. The molecule has 2 heterocycles. The number of hydrogen-bond acceptors (Lipinski definition) is 5. The smallest absolute Gasteiger partial charge is 0.0611 e. The minimum absolute atomic E-state index is 0.133. The van der Waals surface area contributed by atoms with Crippen LogP contribution in [0.5, 0.6) is 0 Å². The highest BCUT2D eigenvalue weighted by Gasteiger charge is 2.30. The van der Waals surface area contributed by atoms with E-state index in [-0.39, 0.29) is 12.1 Å². The Morgan fingerprint density at radius 1 is 1.30 bits per heavy atom. The number of likely N-dealkylation sites (N-methyl/N-ethyl adjacent to an activating group) is 1. The second-order valence-electron chi connectivity index (χ2n) is 6.39. The number of likely N-dealkylation sites (tertiary alicyclic amines) is 1. The second kappa shape index (κ2) is 7.71. The average Bonchev–Trinajstić information content (AvgIpc) is 2.95. The summed E-state index contributed by atoms with van der Waals surface area (Å²) in [6, 6.07) is 0.707. The summed E-state index contributed by atoms with van der Waals surface area (Å²) >= 11 is 0. The maximum atomic E-state index is 9.54. The lowest BCUT2D eigenvalue weighted by atomic mass is 9.99. The molecular formula is C15H31N3O2. The number of aliphatic hydroxyl groups excluding tert-OH is 1. The molecule has 2 N–H and O–H groups in total. The fourth-order valence-corrected chi connectivity index (χ4v) is 3.31.